The van der Waals surface area contributed by atoms with Crippen LogP contribution in [-0.2, 0) is 6.54 Å². The molecule has 0 aliphatic heterocycles. The van der Waals surface area contributed by atoms with E-state index in [0.29, 0.717) is 6.54 Å². The summed E-state index contributed by atoms with van der Waals surface area (Å²) in [4.78, 5) is 7.97. The van der Waals surface area contributed by atoms with Crippen molar-refractivity contribution < 1.29 is 4.74 Å². The first kappa shape index (κ1) is 13.1. The van der Waals surface area contributed by atoms with E-state index in [2.05, 4.69) is 15.3 Å². The van der Waals surface area contributed by atoms with E-state index in [1.165, 1.54) is 6.33 Å². The molecule has 0 unspecified atom stereocenters. The van der Waals surface area contributed by atoms with Gasteiger partial charge in [-0.3, -0.25) is 0 Å². The Kier molecular flexibility index (Phi) is 4.07. The van der Waals surface area contributed by atoms with Crippen LogP contribution in [0.25, 0.3) is 0 Å². The van der Waals surface area contributed by atoms with Gasteiger partial charge in [0.1, 0.15) is 17.8 Å². The van der Waals surface area contributed by atoms with Gasteiger partial charge in [0.2, 0.25) is 0 Å². The van der Waals surface area contributed by atoms with Gasteiger partial charge >= 0.3 is 0 Å². The molecular formula is C17H15N3O. The fourth-order valence-corrected chi connectivity index (χ4v) is 1.89. The van der Waals surface area contributed by atoms with E-state index < -0.39 is 0 Å². The molecule has 0 fully saturated rings. The summed E-state index contributed by atoms with van der Waals surface area (Å²) in [5.41, 5.74) is 2.07. The van der Waals surface area contributed by atoms with Gasteiger partial charge in [-0.25, -0.2) is 9.97 Å². The maximum atomic E-state index is 5.75. The molecule has 2 aromatic carbocycles. The second-order valence-corrected chi connectivity index (χ2v) is 4.54. The van der Waals surface area contributed by atoms with E-state index in [1.54, 1.807) is 12.4 Å². The first-order valence-corrected chi connectivity index (χ1v) is 6.71. The van der Waals surface area contributed by atoms with Crippen molar-refractivity contribution in [2.24, 2.45) is 0 Å². The minimum absolute atomic E-state index is 0.694. The highest BCUT2D eigenvalue weighted by molar-refractivity contribution is 5.47. The molecule has 4 heteroatoms. The monoisotopic (exact) mass is 277 g/mol. The van der Waals surface area contributed by atoms with E-state index in [0.717, 1.165) is 22.7 Å². The molecule has 0 bridgehead atoms. The number of ether oxygens (including phenoxy) is 1. The molecule has 104 valence electrons. The Hall–Kier alpha value is -2.88. The Bertz CT molecular complexity index is 669. The molecule has 21 heavy (non-hydrogen) atoms. The molecule has 0 spiro atoms. The molecular weight excluding hydrogens is 262 g/mol. The zero-order chi connectivity index (χ0) is 14.3. The molecule has 4 nitrogen and oxygen atoms in total. The summed E-state index contributed by atoms with van der Waals surface area (Å²) < 4.78 is 5.75. The Morgan fingerprint density at radius 2 is 1.48 bits per heavy atom. The van der Waals surface area contributed by atoms with Gasteiger partial charge < -0.3 is 10.1 Å². The van der Waals surface area contributed by atoms with Gasteiger partial charge in [-0.05, 0) is 36.4 Å². The molecule has 1 aromatic heterocycles. The first-order chi connectivity index (χ1) is 10.4. The number of rotatable bonds is 5. The standard InChI is InChI=1S/C17H15N3O/c1-2-4-16(5-3-1)21-17-8-6-15(7-9-17)20-12-14-10-18-13-19-11-14/h1-11,13,20H,12H2. The Morgan fingerprint density at radius 1 is 0.810 bits per heavy atom. The average Bonchev–Trinajstić information content (AvgIpc) is 2.56. The van der Waals surface area contributed by atoms with Crippen LogP contribution in [0.15, 0.2) is 73.3 Å². The molecule has 1 N–H and O–H groups in total. The van der Waals surface area contributed by atoms with Crippen LogP contribution in [0, 0.1) is 0 Å². The van der Waals surface area contributed by atoms with E-state index in [1.807, 2.05) is 54.6 Å². The SMILES string of the molecule is c1ccc(Oc2ccc(NCc3cncnc3)cc2)cc1. The third kappa shape index (κ3) is 3.79. The van der Waals surface area contributed by atoms with Crippen LogP contribution in [0.3, 0.4) is 0 Å². The Balaban J connectivity index is 1.59. The number of hydrogen-bond acceptors (Lipinski definition) is 4. The van der Waals surface area contributed by atoms with Gasteiger partial charge in [0.05, 0.1) is 0 Å². The van der Waals surface area contributed by atoms with Crippen molar-refractivity contribution >= 4 is 5.69 Å². The fraction of sp³-hybridized carbons (Fsp3) is 0.0588. The third-order valence-electron chi connectivity index (χ3n) is 2.94. The molecule has 0 saturated carbocycles. The molecule has 1 heterocycles. The van der Waals surface area contributed by atoms with E-state index in [-0.39, 0.29) is 0 Å². The highest BCUT2D eigenvalue weighted by atomic mass is 16.5. The van der Waals surface area contributed by atoms with Crippen molar-refractivity contribution in [3.63, 3.8) is 0 Å². The van der Waals surface area contributed by atoms with Crippen molar-refractivity contribution in [3.8, 4) is 11.5 Å². The number of benzene rings is 2. The number of para-hydroxylation sites is 1. The van der Waals surface area contributed by atoms with Gasteiger partial charge in [-0.15, -0.1) is 0 Å². The van der Waals surface area contributed by atoms with Gasteiger partial charge in [-0.2, -0.15) is 0 Å². The first-order valence-electron chi connectivity index (χ1n) is 6.71. The predicted octanol–water partition coefficient (Wildman–Crippen LogP) is 3.88. The fourth-order valence-electron chi connectivity index (χ4n) is 1.89. The highest BCUT2D eigenvalue weighted by Gasteiger charge is 1.98. The summed E-state index contributed by atoms with van der Waals surface area (Å²) in [5, 5.41) is 3.32. The van der Waals surface area contributed by atoms with E-state index >= 15 is 0 Å². The molecule has 3 rings (SSSR count). The zero-order valence-electron chi connectivity index (χ0n) is 11.4. The van der Waals surface area contributed by atoms with Crippen LogP contribution >= 0.6 is 0 Å². The van der Waals surface area contributed by atoms with Crippen molar-refractivity contribution in [2.75, 3.05) is 5.32 Å². The minimum Gasteiger partial charge on any atom is -0.457 e. The lowest BCUT2D eigenvalue weighted by Gasteiger charge is -2.08. The summed E-state index contributed by atoms with van der Waals surface area (Å²) in [7, 11) is 0. The minimum atomic E-state index is 0.694. The van der Waals surface area contributed by atoms with Gasteiger partial charge in [0.25, 0.3) is 0 Å². The summed E-state index contributed by atoms with van der Waals surface area (Å²) in [6.45, 7) is 0.694. The van der Waals surface area contributed by atoms with Crippen molar-refractivity contribution in [2.45, 2.75) is 6.54 Å². The van der Waals surface area contributed by atoms with Crippen LogP contribution in [-0.4, -0.2) is 9.97 Å². The van der Waals surface area contributed by atoms with Crippen molar-refractivity contribution in [1.82, 2.24) is 9.97 Å². The molecule has 0 aliphatic carbocycles. The lowest BCUT2D eigenvalue weighted by molar-refractivity contribution is 0.483. The molecule has 0 radical (unpaired) electrons. The number of nitrogens with one attached hydrogen (secondary N) is 1. The van der Waals surface area contributed by atoms with E-state index in [9.17, 15) is 0 Å². The van der Waals surface area contributed by atoms with Crippen LogP contribution in [0.5, 0.6) is 11.5 Å². The van der Waals surface area contributed by atoms with Gasteiger partial charge in [0, 0.05) is 30.2 Å². The van der Waals surface area contributed by atoms with Crippen LogP contribution in [0.1, 0.15) is 5.56 Å². The zero-order valence-corrected chi connectivity index (χ0v) is 11.4. The maximum absolute atomic E-state index is 5.75. The summed E-state index contributed by atoms with van der Waals surface area (Å²) in [5.74, 6) is 1.65. The summed E-state index contributed by atoms with van der Waals surface area (Å²) >= 11 is 0. The number of hydrogen-bond donors (Lipinski definition) is 1. The van der Waals surface area contributed by atoms with Crippen molar-refractivity contribution in [1.29, 1.82) is 0 Å². The quantitative estimate of drug-likeness (QED) is 0.768. The summed E-state index contributed by atoms with van der Waals surface area (Å²) in [6, 6.07) is 17.6. The maximum Gasteiger partial charge on any atom is 0.127 e. The predicted molar refractivity (Wildman–Crippen MR) is 82.3 cm³/mol. The molecule has 3 aromatic rings. The second-order valence-electron chi connectivity index (χ2n) is 4.54. The second kappa shape index (κ2) is 6.52. The largest absolute Gasteiger partial charge is 0.457 e. The Morgan fingerprint density at radius 3 is 2.19 bits per heavy atom. The summed E-state index contributed by atoms with van der Waals surface area (Å²) in [6.07, 6.45) is 5.12. The topological polar surface area (TPSA) is 47.0 Å². The average molecular weight is 277 g/mol. The Labute approximate surface area is 123 Å². The van der Waals surface area contributed by atoms with Gasteiger partial charge in [0.15, 0.2) is 0 Å². The number of aromatic nitrogens is 2. The van der Waals surface area contributed by atoms with Crippen LogP contribution in [0.4, 0.5) is 5.69 Å². The van der Waals surface area contributed by atoms with Crippen molar-refractivity contribution in [3.05, 3.63) is 78.9 Å². The molecule has 0 atom stereocenters. The molecule has 0 saturated heterocycles. The third-order valence-corrected chi connectivity index (χ3v) is 2.94. The normalized spacial score (nSPS) is 10.1. The molecule has 0 amide bonds. The number of nitrogens with zero attached hydrogens (tertiary/aromatic N) is 2. The molecule has 0 aliphatic rings. The van der Waals surface area contributed by atoms with Crippen LogP contribution < -0.4 is 10.1 Å². The van der Waals surface area contributed by atoms with Crippen LogP contribution in [0.2, 0.25) is 0 Å². The lowest BCUT2D eigenvalue weighted by atomic mass is 10.2. The van der Waals surface area contributed by atoms with E-state index in [4.69, 9.17) is 4.74 Å². The smallest absolute Gasteiger partial charge is 0.127 e. The number of anilines is 1. The lowest BCUT2D eigenvalue weighted by Crippen LogP contribution is -2.00. The highest BCUT2D eigenvalue weighted by Crippen LogP contribution is 2.22. The van der Waals surface area contributed by atoms with Gasteiger partial charge in [-0.1, -0.05) is 18.2 Å².